The number of fused-ring (bicyclic) bond motifs is 1. The van der Waals surface area contributed by atoms with Crippen LogP contribution in [0.3, 0.4) is 0 Å². The van der Waals surface area contributed by atoms with Crippen LogP contribution in [0.5, 0.6) is 5.88 Å². The van der Waals surface area contributed by atoms with Crippen molar-refractivity contribution in [3.8, 4) is 28.3 Å². The van der Waals surface area contributed by atoms with Crippen LogP contribution in [0.1, 0.15) is 31.8 Å². The fourth-order valence-corrected chi connectivity index (χ4v) is 6.18. The number of aromatic nitrogens is 6. The molecule has 1 fully saturated rings. The topological polar surface area (TPSA) is 158 Å². The molecule has 3 aromatic heterocycles. The second-order valence-electron chi connectivity index (χ2n) is 11.4. The molecule has 2 aromatic carbocycles. The SMILES string of the molecule is CC.COc1nc(-c2cccc(-c3cccc(Nc4nc(C(F)(F)F)nc5c4c(=O)n(C)c(=O)n5C)c3Cl)c2Cl)cnc1CNC1CCOCC1O. The number of nitrogens with zero attached hydrogens (tertiary/aromatic N) is 6. The summed E-state index contributed by atoms with van der Waals surface area (Å²) in [6.07, 6.45) is -3.46. The molecule has 52 heavy (non-hydrogen) atoms. The maximum Gasteiger partial charge on any atom is 0.451 e. The van der Waals surface area contributed by atoms with E-state index in [9.17, 15) is 27.9 Å². The lowest BCUT2D eigenvalue weighted by Crippen LogP contribution is -2.46. The highest BCUT2D eigenvalue weighted by Crippen LogP contribution is 2.42. The van der Waals surface area contributed by atoms with Gasteiger partial charge in [0, 0.05) is 50.0 Å². The van der Waals surface area contributed by atoms with Gasteiger partial charge < -0.3 is 25.2 Å². The fourth-order valence-electron chi connectivity index (χ4n) is 5.58. The zero-order valence-corrected chi connectivity index (χ0v) is 30.2. The maximum absolute atomic E-state index is 13.8. The molecule has 18 heteroatoms. The van der Waals surface area contributed by atoms with Crippen molar-refractivity contribution in [1.82, 2.24) is 34.4 Å². The third-order valence-electron chi connectivity index (χ3n) is 8.23. The Kier molecular flexibility index (Phi) is 11.9. The first-order chi connectivity index (χ1) is 24.8. The molecule has 0 spiro atoms. The van der Waals surface area contributed by atoms with Gasteiger partial charge in [-0.05, 0) is 12.5 Å². The Morgan fingerprint density at radius 1 is 1.00 bits per heavy atom. The third kappa shape index (κ3) is 7.61. The predicted octanol–water partition coefficient (Wildman–Crippen LogP) is 5.49. The smallest absolute Gasteiger partial charge is 0.451 e. The first-order valence-electron chi connectivity index (χ1n) is 16.1. The number of aliphatic hydroxyl groups is 1. The molecule has 276 valence electrons. The Labute approximate surface area is 305 Å². The van der Waals surface area contributed by atoms with Crippen molar-refractivity contribution in [3.05, 3.63) is 85.0 Å². The number of ether oxygens (including phenoxy) is 2. The van der Waals surface area contributed by atoms with Gasteiger partial charge in [0.15, 0.2) is 5.65 Å². The van der Waals surface area contributed by atoms with E-state index in [2.05, 4.69) is 30.6 Å². The van der Waals surface area contributed by atoms with Crippen LogP contribution in [0.25, 0.3) is 33.4 Å². The van der Waals surface area contributed by atoms with Gasteiger partial charge in [0.2, 0.25) is 11.7 Å². The van der Waals surface area contributed by atoms with E-state index in [1.807, 2.05) is 13.8 Å². The molecule has 0 aliphatic carbocycles. The molecule has 1 aliphatic rings. The summed E-state index contributed by atoms with van der Waals surface area (Å²) in [6, 6.07) is 9.72. The van der Waals surface area contributed by atoms with Crippen LogP contribution in [0.15, 0.2) is 52.2 Å². The van der Waals surface area contributed by atoms with Gasteiger partial charge in [0.05, 0.1) is 47.4 Å². The van der Waals surface area contributed by atoms with Gasteiger partial charge in [-0.25, -0.2) is 19.7 Å². The summed E-state index contributed by atoms with van der Waals surface area (Å²) in [5.74, 6) is -1.81. The molecule has 0 saturated carbocycles. The summed E-state index contributed by atoms with van der Waals surface area (Å²) in [7, 11) is 3.86. The second kappa shape index (κ2) is 16.0. The standard InChI is InChI=1S/C32H29Cl2F3N8O5.C2H6/c1-44-27-23(29(47)45(2)31(44)48)26(42-30(43-27)32(35,36)37)40-19-9-5-7-16(25(19)34)15-6-4-8-17(24(15)33)20-12-39-21(28(41-20)49-3)13-38-18-10-11-50-14-22(18)46;1-2/h4-9,12,18,22,38,46H,10-11,13-14H2,1-3H3,(H,40,42,43);1-2H3. The number of benzene rings is 2. The van der Waals surface area contributed by atoms with Crippen LogP contribution in [0.2, 0.25) is 10.0 Å². The average molecular weight is 764 g/mol. The maximum atomic E-state index is 13.8. The minimum Gasteiger partial charge on any atom is -0.480 e. The summed E-state index contributed by atoms with van der Waals surface area (Å²) < 4.78 is 53.9. The molecule has 2 atom stereocenters. The number of rotatable bonds is 8. The first-order valence-corrected chi connectivity index (χ1v) is 16.8. The first kappa shape index (κ1) is 38.6. The largest absolute Gasteiger partial charge is 0.480 e. The van der Waals surface area contributed by atoms with Crippen molar-refractivity contribution in [2.24, 2.45) is 14.1 Å². The number of aryl methyl sites for hydroxylation is 1. The molecule has 4 heterocycles. The third-order valence-corrected chi connectivity index (χ3v) is 9.05. The number of nitrogens with one attached hydrogen (secondary N) is 2. The Hall–Kier alpha value is -4.61. The highest BCUT2D eigenvalue weighted by atomic mass is 35.5. The van der Waals surface area contributed by atoms with E-state index in [4.69, 9.17) is 32.7 Å². The number of hydrogen-bond donors (Lipinski definition) is 3. The number of halogens is 5. The zero-order chi connectivity index (χ0) is 37.9. The van der Waals surface area contributed by atoms with Crippen molar-refractivity contribution in [3.63, 3.8) is 0 Å². The van der Waals surface area contributed by atoms with Gasteiger partial charge in [-0.15, -0.1) is 0 Å². The summed E-state index contributed by atoms with van der Waals surface area (Å²) in [5.41, 5.74) is 0.0825. The second-order valence-corrected chi connectivity index (χ2v) is 12.1. The van der Waals surface area contributed by atoms with Gasteiger partial charge in [-0.3, -0.25) is 18.9 Å². The predicted molar refractivity (Wildman–Crippen MR) is 191 cm³/mol. The van der Waals surface area contributed by atoms with E-state index in [0.29, 0.717) is 41.1 Å². The van der Waals surface area contributed by atoms with Crippen LogP contribution in [-0.4, -0.2) is 66.6 Å². The van der Waals surface area contributed by atoms with E-state index in [-0.39, 0.29) is 46.2 Å². The van der Waals surface area contributed by atoms with Crippen molar-refractivity contribution >= 4 is 45.7 Å². The lowest BCUT2D eigenvalue weighted by molar-refractivity contribution is -0.144. The quantitative estimate of drug-likeness (QED) is 0.184. The molecule has 5 aromatic rings. The summed E-state index contributed by atoms with van der Waals surface area (Å²) in [5, 5.41) is 16.2. The monoisotopic (exact) mass is 762 g/mol. The molecule has 0 radical (unpaired) electrons. The van der Waals surface area contributed by atoms with Crippen LogP contribution < -0.4 is 26.6 Å². The van der Waals surface area contributed by atoms with Crippen LogP contribution in [0.4, 0.5) is 24.7 Å². The Bertz CT molecular complexity index is 2230. The number of hydrogen-bond acceptors (Lipinski definition) is 11. The van der Waals surface area contributed by atoms with Crippen LogP contribution in [-0.2, 0) is 31.6 Å². The molecular formula is C34H35Cl2F3N8O5. The molecule has 13 nitrogen and oxygen atoms in total. The Morgan fingerprint density at radius 2 is 1.67 bits per heavy atom. The number of aliphatic hydroxyl groups excluding tert-OH is 1. The number of anilines is 2. The minimum atomic E-state index is -4.99. The van der Waals surface area contributed by atoms with Crippen LogP contribution in [0, 0.1) is 0 Å². The summed E-state index contributed by atoms with van der Waals surface area (Å²) in [6.45, 7) is 5.07. The van der Waals surface area contributed by atoms with Gasteiger partial charge in [-0.2, -0.15) is 13.2 Å². The van der Waals surface area contributed by atoms with Crippen molar-refractivity contribution in [2.75, 3.05) is 25.6 Å². The van der Waals surface area contributed by atoms with Crippen LogP contribution >= 0.6 is 23.2 Å². The van der Waals surface area contributed by atoms with E-state index in [0.717, 1.165) is 9.13 Å². The normalized spacial score (nSPS) is 16.0. The highest BCUT2D eigenvalue weighted by molar-refractivity contribution is 6.39. The molecule has 2 unspecified atom stereocenters. The highest BCUT2D eigenvalue weighted by Gasteiger charge is 2.37. The molecule has 3 N–H and O–H groups in total. The molecule has 0 amide bonds. The molecule has 1 saturated heterocycles. The number of alkyl halides is 3. The Balaban J connectivity index is 0.00000257. The number of methoxy groups -OCH3 is 1. The van der Waals surface area contributed by atoms with Crippen molar-refractivity contribution in [1.29, 1.82) is 0 Å². The van der Waals surface area contributed by atoms with Gasteiger partial charge >= 0.3 is 11.9 Å². The van der Waals surface area contributed by atoms with Crippen molar-refractivity contribution < 1.29 is 27.8 Å². The zero-order valence-electron chi connectivity index (χ0n) is 28.7. The average Bonchev–Trinajstić information content (AvgIpc) is 3.14. The minimum absolute atomic E-state index is 0.0499. The van der Waals surface area contributed by atoms with E-state index >= 15 is 0 Å². The lowest BCUT2D eigenvalue weighted by atomic mass is 10.0. The lowest BCUT2D eigenvalue weighted by Gasteiger charge is -2.28. The summed E-state index contributed by atoms with van der Waals surface area (Å²) >= 11 is 13.8. The van der Waals surface area contributed by atoms with Crippen molar-refractivity contribution in [2.45, 2.75) is 45.1 Å². The van der Waals surface area contributed by atoms with E-state index < -0.39 is 40.8 Å². The van der Waals surface area contributed by atoms with Gasteiger partial charge in [-0.1, -0.05) is 67.4 Å². The summed E-state index contributed by atoms with van der Waals surface area (Å²) in [4.78, 5) is 41.9. The Morgan fingerprint density at radius 3 is 2.35 bits per heavy atom. The molecule has 1 aliphatic heterocycles. The van der Waals surface area contributed by atoms with Gasteiger partial charge in [0.1, 0.15) is 16.9 Å². The molecular weight excluding hydrogens is 728 g/mol. The molecule has 6 rings (SSSR count). The molecule has 0 bridgehead atoms. The van der Waals surface area contributed by atoms with Gasteiger partial charge in [0.25, 0.3) is 5.56 Å². The van der Waals surface area contributed by atoms with E-state index in [1.54, 1.807) is 30.3 Å². The fraction of sp³-hybridized carbons (Fsp3) is 0.353. The van der Waals surface area contributed by atoms with E-state index in [1.165, 1.54) is 33.5 Å².